The molecule has 0 aliphatic rings. The Morgan fingerprint density at radius 3 is 2.86 bits per heavy atom. The summed E-state index contributed by atoms with van der Waals surface area (Å²) in [6, 6.07) is 11.3. The highest BCUT2D eigenvalue weighted by atomic mass is 35.5. The second-order valence-electron chi connectivity index (χ2n) is 4.60. The fraction of sp³-hybridized carbons (Fsp3) is 0.0625. The quantitative estimate of drug-likeness (QED) is 0.711. The minimum atomic E-state index is 0.570. The number of rotatable bonds is 3. The van der Waals surface area contributed by atoms with Crippen LogP contribution in [-0.2, 0) is 0 Å². The van der Waals surface area contributed by atoms with Crippen LogP contribution < -0.4 is 15.8 Å². The molecule has 3 N–H and O–H groups in total. The van der Waals surface area contributed by atoms with Crippen LogP contribution in [0.3, 0.4) is 0 Å². The molecule has 1 heterocycles. The fourth-order valence-corrected chi connectivity index (χ4v) is 2.39. The maximum absolute atomic E-state index is 6.22. The molecule has 106 valence electrons. The molecule has 0 fully saturated rings. The fourth-order valence-electron chi connectivity index (χ4n) is 2.19. The SMILES string of the molecule is COc1cc(Nc2ccc3cnccc3c2N)ccc1Cl. The summed E-state index contributed by atoms with van der Waals surface area (Å²) in [7, 11) is 1.59. The third kappa shape index (κ3) is 2.58. The van der Waals surface area contributed by atoms with Crippen molar-refractivity contribution in [3.8, 4) is 5.75 Å². The topological polar surface area (TPSA) is 60.2 Å². The Bertz CT molecular complexity index is 805. The van der Waals surface area contributed by atoms with Gasteiger partial charge in [-0.3, -0.25) is 4.98 Å². The normalized spacial score (nSPS) is 10.6. The first kappa shape index (κ1) is 13.5. The lowest BCUT2D eigenvalue weighted by Gasteiger charge is -2.13. The molecular weight excluding hydrogens is 286 g/mol. The first-order valence-corrected chi connectivity index (χ1v) is 6.79. The summed E-state index contributed by atoms with van der Waals surface area (Å²) in [4.78, 5) is 4.09. The van der Waals surface area contributed by atoms with Crippen LogP contribution in [0.15, 0.2) is 48.8 Å². The van der Waals surface area contributed by atoms with Crippen LogP contribution in [0.1, 0.15) is 0 Å². The minimum absolute atomic E-state index is 0.570. The van der Waals surface area contributed by atoms with E-state index in [0.29, 0.717) is 16.5 Å². The number of hydrogen-bond donors (Lipinski definition) is 2. The van der Waals surface area contributed by atoms with E-state index in [2.05, 4.69) is 10.3 Å². The van der Waals surface area contributed by atoms with Gasteiger partial charge in [-0.05, 0) is 24.3 Å². The minimum Gasteiger partial charge on any atom is -0.495 e. The van der Waals surface area contributed by atoms with Crippen molar-refractivity contribution < 1.29 is 4.74 Å². The van der Waals surface area contributed by atoms with Gasteiger partial charge < -0.3 is 15.8 Å². The zero-order valence-electron chi connectivity index (χ0n) is 11.4. The van der Waals surface area contributed by atoms with Crippen LogP contribution in [0.5, 0.6) is 5.75 Å². The van der Waals surface area contributed by atoms with E-state index < -0.39 is 0 Å². The Hall–Kier alpha value is -2.46. The van der Waals surface area contributed by atoms with Gasteiger partial charge in [0.25, 0.3) is 0 Å². The van der Waals surface area contributed by atoms with Gasteiger partial charge in [0.1, 0.15) is 5.75 Å². The molecule has 3 rings (SSSR count). The van der Waals surface area contributed by atoms with Crippen LogP contribution in [-0.4, -0.2) is 12.1 Å². The molecule has 5 heteroatoms. The van der Waals surface area contributed by atoms with Gasteiger partial charge in [0.05, 0.1) is 23.5 Å². The molecule has 0 amide bonds. The molecule has 0 radical (unpaired) electrons. The van der Waals surface area contributed by atoms with Crippen molar-refractivity contribution >= 4 is 39.4 Å². The van der Waals surface area contributed by atoms with Gasteiger partial charge in [0, 0.05) is 34.9 Å². The molecule has 2 aromatic carbocycles. The number of nitrogens with one attached hydrogen (secondary N) is 1. The molecule has 0 aliphatic heterocycles. The number of nitrogen functional groups attached to an aromatic ring is 1. The maximum Gasteiger partial charge on any atom is 0.139 e. The largest absolute Gasteiger partial charge is 0.495 e. The first-order chi connectivity index (χ1) is 10.2. The summed E-state index contributed by atoms with van der Waals surface area (Å²) < 4.78 is 5.21. The second kappa shape index (κ2) is 5.50. The third-order valence-electron chi connectivity index (χ3n) is 3.29. The predicted octanol–water partition coefficient (Wildman–Crippen LogP) is 4.22. The summed E-state index contributed by atoms with van der Waals surface area (Å²) in [6.45, 7) is 0. The van der Waals surface area contributed by atoms with Gasteiger partial charge >= 0.3 is 0 Å². The summed E-state index contributed by atoms with van der Waals surface area (Å²) in [6.07, 6.45) is 3.52. The lowest BCUT2D eigenvalue weighted by Crippen LogP contribution is -1.98. The average Bonchev–Trinajstić information content (AvgIpc) is 2.52. The average molecular weight is 300 g/mol. The Balaban J connectivity index is 2.00. The maximum atomic E-state index is 6.22. The molecule has 21 heavy (non-hydrogen) atoms. The van der Waals surface area contributed by atoms with Gasteiger partial charge in [-0.15, -0.1) is 0 Å². The highest BCUT2D eigenvalue weighted by Gasteiger charge is 2.07. The summed E-state index contributed by atoms with van der Waals surface area (Å²) in [5.41, 5.74) is 8.59. The van der Waals surface area contributed by atoms with E-state index in [9.17, 15) is 0 Å². The van der Waals surface area contributed by atoms with E-state index in [0.717, 1.165) is 22.1 Å². The van der Waals surface area contributed by atoms with Crippen molar-refractivity contribution in [2.45, 2.75) is 0 Å². The Morgan fingerprint density at radius 2 is 2.05 bits per heavy atom. The second-order valence-corrected chi connectivity index (χ2v) is 5.01. The highest BCUT2D eigenvalue weighted by molar-refractivity contribution is 6.32. The molecule has 0 bridgehead atoms. The van der Waals surface area contributed by atoms with E-state index in [1.54, 1.807) is 25.6 Å². The third-order valence-corrected chi connectivity index (χ3v) is 3.60. The number of ether oxygens (including phenoxy) is 1. The Labute approximate surface area is 127 Å². The van der Waals surface area contributed by atoms with Crippen LogP contribution in [0.4, 0.5) is 17.1 Å². The van der Waals surface area contributed by atoms with Crippen molar-refractivity contribution in [3.63, 3.8) is 0 Å². The van der Waals surface area contributed by atoms with Crippen molar-refractivity contribution in [3.05, 3.63) is 53.8 Å². The molecule has 0 saturated carbocycles. The number of benzene rings is 2. The van der Waals surface area contributed by atoms with E-state index >= 15 is 0 Å². The van der Waals surface area contributed by atoms with Crippen molar-refractivity contribution in [1.82, 2.24) is 4.98 Å². The van der Waals surface area contributed by atoms with Crippen LogP contribution in [0, 0.1) is 0 Å². The molecule has 0 spiro atoms. The number of nitrogens with zero attached hydrogens (tertiary/aromatic N) is 1. The van der Waals surface area contributed by atoms with E-state index in [-0.39, 0.29) is 0 Å². The summed E-state index contributed by atoms with van der Waals surface area (Å²) in [5, 5.41) is 5.83. The van der Waals surface area contributed by atoms with E-state index in [4.69, 9.17) is 22.1 Å². The zero-order chi connectivity index (χ0) is 14.8. The van der Waals surface area contributed by atoms with Gasteiger partial charge in [-0.2, -0.15) is 0 Å². The number of methoxy groups -OCH3 is 1. The van der Waals surface area contributed by atoms with Crippen molar-refractivity contribution in [1.29, 1.82) is 0 Å². The zero-order valence-corrected chi connectivity index (χ0v) is 12.2. The molecule has 4 nitrogen and oxygen atoms in total. The van der Waals surface area contributed by atoms with Gasteiger partial charge in [0.2, 0.25) is 0 Å². The van der Waals surface area contributed by atoms with E-state index in [1.165, 1.54) is 0 Å². The molecule has 0 unspecified atom stereocenters. The van der Waals surface area contributed by atoms with E-state index in [1.807, 2.05) is 30.3 Å². The predicted molar refractivity (Wildman–Crippen MR) is 87.4 cm³/mol. The van der Waals surface area contributed by atoms with Gasteiger partial charge in [0.15, 0.2) is 0 Å². The summed E-state index contributed by atoms with van der Waals surface area (Å²) >= 11 is 6.02. The Kier molecular flexibility index (Phi) is 3.54. The number of fused-ring (bicyclic) bond motifs is 1. The smallest absolute Gasteiger partial charge is 0.139 e. The van der Waals surface area contributed by atoms with Crippen molar-refractivity contribution in [2.24, 2.45) is 0 Å². The number of anilines is 3. The summed E-state index contributed by atoms with van der Waals surface area (Å²) in [5.74, 6) is 0.616. The standard InChI is InChI=1S/C16H14ClN3O/c1-21-15-8-11(3-4-13(15)17)20-14-5-2-10-9-19-7-6-12(10)16(14)18/h2-9,20H,18H2,1H3. The highest BCUT2D eigenvalue weighted by Crippen LogP contribution is 2.33. The lowest BCUT2D eigenvalue weighted by molar-refractivity contribution is 0.415. The molecular formula is C16H14ClN3O. The number of nitrogens with two attached hydrogens (primary N) is 1. The van der Waals surface area contributed by atoms with Crippen LogP contribution in [0.25, 0.3) is 10.8 Å². The van der Waals surface area contributed by atoms with Crippen LogP contribution in [0.2, 0.25) is 5.02 Å². The number of aromatic nitrogens is 1. The molecule has 3 aromatic rings. The lowest BCUT2D eigenvalue weighted by atomic mass is 10.1. The first-order valence-electron chi connectivity index (χ1n) is 6.42. The number of pyridine rings is 1. The molecule has 1 aromatic heterocycles. The molecule has 0 atom stereocenters. The van der Waals surface area contributed by atoms with Crippen LogP contribution >= 0.6 is 11.6 Å². The Morgan fingerprint density at radius 1 is 1.19 bits per heavy atom. The number of halogens is 1. The number of hydrogen-bond acceptors (Lipinski definition) is 4. The van der Waals surface area contributed by atoms with Gasteiger partial charge in [-0.1, -0.05) is 17.7 Å². The molecule has 0 aliphatic carbocycles. The van der Waals surface area contributed by atoms with Crippen molar-refractivity contribution in [2.75, 3.05) is 18.2 Å². The van der Waals surface area contributed by atoms with Gasteiger partial charge in [-0.25, -0.2) is 0 Å². The molecule has 0 saturated heterocycles. The monoisotopic (exact) mass is 299 g/mol.